The van der Waals surface area contributed by atoms with Gasteiger partial charge in [-0.25, -0.2) is 4.79 Å². The first-order valence-electron chi connectivity index (χ1n) is 8.14. The number of piperidine rings is 1. The summed E-state index contributed by atoms with van der Waals surface area (Å²) in [5.41, 5.74) is 0. The van der Waals surface area contributed by atoms with Crippen molar-refractivity contribution in [1.29, 1.82) is 0 Å². The molecule has 0 saturated carbocycles. The molecule has 1 aliphatic heterocycles. The number of thioether (sulfide) groups is 1. The van der Waals surface area contributed by atoms with Gasteiger partial charge in [0.2, 0.25) is 5.91 Å². The van der Waals surface area contributed by atoms with Crippen LogP contribution < -0.4 is 5.32 Å². The molecule has 7 heteroatoms. The highest BCUT2D eigenvalue weighted by atomic mass is 35.5. The average Bonchev–Trinajstić information content (AvgIpc) is 2.57. The van der Waals surface area contributed by atoms with Crippen LogP contribution >= 0.6 is 23.4 Å². The first-order chi connectivity index (χ1) is 11.5. The summed E-state index contributed by atoms with van der Waals surface area (Å²) in [7, 11) is 0. The zero-order chi connectivity index (χ0) is 17.5. The first-order valence-corrected chi connectivity index (χ1v) is 9.39. The SMILES string of the molecule is CCOC(=O)N1CCC(NC(=O)C(C)Sc2ccc(Cl)cc2)CC1. The van der Waals surface area contributed by atoms with Gasteiger partial charge in [-0.05, 0) is 51.0 Å². The molecular formula is C17H23ClN2O3S. The van der Waals surface area contributed by atoms with Crippen LogP contribution in [0.1, 0.15) is 26.7 Å². The zero-order valence-electron chi connectivity index (χ0n) is 14.0. The van der Waals surface area contributed by atoms with Crippen LogP contribution in [0.2, 0.25) is 5.02 Å². The molecule has 1 aromatic rings. The van der Waals surface area contributed by atoms with E-state index in [1.54, 1.807) is 11.8 Å². The number of hydrogen-bond acceptors (Lipinski definition) is 4. The molecule has 5 nitrogen and oxygen atoms in total. The van der Waals surface area contributed by atoms with E-state index in [0.29, 0.717) is 24.7 Å². The normalized spacial score (nSPS) is 16.5. The lowest BCUT2D eigenvalue weighted by Gasteiger charge is -2.32. The number of hydrogen-bond donors (Lipinski definition) is 1. The van der Waals surface area contributed by atoms with Gasteiger partial charge >= 0.3 is 6.09 Å². The summed E-state index contributed by atoms with van der Waals surface area (Å²) in [5, 5.41) is 3.58. The third-order valence-electron chi connectivity index (χ3n) is 3.86. The topological polar surface area (TPSA) is 58.6 Å². The molecule has 1 heterocycles. The minimum absolute atomic E-state index is 0.0181. The van der Waals surface area contributed by atoms with Gasteiger partial charge in [-0.1, -0.05) is 11.6 Å². The molecular weight excluding hydrogens is 348 g/mol. The Kier molecular flexibility index (Phi) is 7.24. The van der Waals surface area contributed by atoms with Crippen molar-refractivity contribution in [3.8, 4) is 0 Å². The molecule has 0 spiro atoms. The van der Waals surface area contributed by atoms with E-state index < -0.39 is 0 Å². The van der Waals surface area contributed by atoms with E-state index in [0.717, 1.165) is 17.7 Å². The second-order valence-electron chi connectivity index (χ2n) is 5.68. The molecule has 1 saturated heterocycles. The number of carbonyl (C=O) groups is 2. The Labute approximate surface area is 152 Å². The van der Waals surface area contributed by atoms with Gasteiger partial charge in [-0.2, -0.15) is 0 Å². The van der Waals surface area contributed by atoms with Gasteiger partial charge in [0, 0.05) is 29.0 Å². The number of amides is 2. The lowest BCUT2D eigenvalue weighted by molar-refractivity contribution is -0.121. The lowest BCUT2D eigenvalue weighted by Crippen LogP contribution is -2.48. The number of nitrogens with zero attached hydrogens (tertiary/aromatic N) is 1. The maximum atomic E-state index is 12.3. The fraction of sp³-hybridized carbons (Fsp3) is 0.529. The molecule has 0 aromatic heterocycles. The molecule has 2 rings (SSSR count). The Morgan fingerprint density at radius 1 is 1.33 bits per heavy atom. The minimum Gasteiger partial charge on any atom is -0.450 e. The quantitative estimate of drug-likeness (QED) is 0.805. The van der Waals surface area contributed by atoms with Crippen LogP contribution in [0.15, 0.2) is 29.2 Å². The van der Waals surface area contributed by atoms with E-state index in [9.17, 15) is 9.59 Å². The van der Waals surface area contributed by atoms with E-state index in [4.69, 9.17) is 16.3 Å². The molecule has 0 radical (unpaired) electrons. The van der Waals surface area contributed by atoms with Crippen LogP contribution in [0.3, 0.4) is 0 Å². The maximum Gasteiger partial charge on any atom is 0.409 e. The molecule has 2 amide bonds. The van der Waals surface area contributed by atoms with Gasteiger partial charge in [-0.3, -0.25) is 4.79 Å². The summed E-state index contributed by atoms with van der Waals surface area (Å²) in [6, 6.07) is 7.57. The van der Waals surface area contributed by atoms with Crippen molar-refractivity contribution in [3.05, 3.63) is 29.3 Å². The van der Waals surface area contributed by atoms with Crippen molar-refractivity contribution in [2.45, 2.75) is 42.9 Å². The first kappa shape index (κ1) is 18.9. The minimum atomic E-state index is -0.270. The van der Waals surface area contributed by atoms with Gasteiger partial charge in [-0.15, -0.1) is 11.8 Å². The summed E-state index contributed by atoms with van der Waals surface area (Å²) in [6.45, 7) is 5.30. The number of nitrogens with one attached hydrogen (secondary N) is 1. The number of carbonyl (C=O) groups excluding carboxylic acids is 2. The number of rotatable bonds is 5. The van der Waals surface area contributed by atoms with E-state index in [-0.39, 0.29) is 23.3 Å². The van der Waals surface area contributed by atoms with Crippen LogP contribution in [0, 0.1) is 0 Å². The van der Waals surface area contributed by atoms with Crippen LogP contribution in [-0.2, 0) is 9.53 Å². The molecule has 0 bridgehead atoms. The molecule has 1 N–H and O–H groups in total. The summed E-state index contributed by atoms with van der Waals surface area (Å²) >= 11 is 7.37. The van der Waals surface area contributed by atoms with Gasteiger partial charge in [0.05, 0.1) is 11.9 Å². The third kappa shape index (κ3) is 5.60. The van der Waals surface area contributed by atoms with E-state index in [1.165, 1.54) is 11.8 Å². The number of ether oxygens (including phenoxy) is 1. The van der Waals surface area contributed by atoms with Crippen molar-refractivity contribution in [3.63, 3.8) is 0 Å². The Bertz CT molecular complexity index is 559. The van der Waals surface area contributed by atoms with E-state index >= 15 is 0 Å². The fourth-order valence-electron chi connectivity index (χ4n) is 2.51. The molecule has 0 aliphatic carbocycles. The number of likely N-dealkylation sites (tertiary alicyclic amines) is 1. The highest BCUT2D eigenvalue weighted by molar-refractivity contribution is 8.00. The van der Waals surface area contributed by atoms with E-state index in [1.807, 2.05) is 31.2 Å². The third-order valence-corrected chi connectivity index (χ3v) is 5.23. The van der Waals surface area contributed by atoms with Crippen molar-refractivity contribution in [1.82, 2.24) is 10.2 Å². The molecule has 1 atom stereocenters. The average molecular weight is 371 g/mol. The monoisotopic (exact) mass is 370 g/mol. The second-order valence-corrected chi connectivity index (χ2v) is 7.53. The van der Waals surface area contributed by atoms with Crippen molar-refractivity contribution < 1.29 is 14.3 Å². The Morgan fingerprint density at radius 3 is 2.54 bits per heavy atom. The summed E-state index contributed by atoms with van der Waals surface area (Å²) in [5.74, 6) is 0.0181. The standard InChI is InChI=1S/C17H23ClN2O3S/c1-3-23-17(22)20-10-8-14(9-11-20)19-16(21)12(2)24-15-6-4-13(18)5-7-15/h4-7,12,14H,3,8-11H2,1-2H3,(H,19,21). The lowest BCUT2D eigenvalue weighted by atomic mass is 10.1. The van der Waals surface area contributed by atoms with Gasteiger partial charge in [0.1, 0.15) is 0 Å². The molecule has 1 fully saturated rings. The predicted molar refractivity (Wildman–Crippen MR) is 96.5 cm³/mol. The Morgan fingerprint density at radius 2 is 1.96 bits per heavy atom. The van der Waals surface area contributed by atoms with Crippen LogP contribution in [0.25, 0.3) is 0 Å². The summed E-state index contributed by atoms with van der Waals surface area (Å²) < 4.78 is 5.00. The maximum absolute atomic E-state index is 12.3. The van der Waals surface area contributed by atoms with Gasteiger partial charge < -0.3 is 15.0 Å². The molecule has 24 heavy (non-hydrogen) atoms. The number of halogens is 1. The molecule has 132 valence electrons. The highest BCUT2D eigenvalue weighted by Gasteiger charge is 2.26. The van der Waals surface area contributed by atoms with Crippen molar-refractivity contribution in [2.24, 2.45) is 0 Å². The van der Waals surface area contributed by atoms with Crippen molar-refractivity contribution >= 4 is 35.4 Å². The predicted octanol–water partition coefficient (Wildman–Crippen LogP) is 3.56. The summed E-state index contributed by atoms with van der Waals surface area (Å²) in [6.07, 6.45) is 1.24. The van der Waals surface area contributed by atoms with Crippen LogP contribution in [0.4, 0.5) is 4.79 Å². The molecule has 1 aliphatic rings. The molecule has 1 aromatic carbocycles. The Hall–Kier alpha value is -1.40. The van der Waals surface area contributed by atoms with E-state index in [2.05, 4.69) is 5.32 Å². The number of benzene rings is 1. The van der Waals surface area contributed by atoms with Gasteiger partial charge in [0.15, 0.2) is 0 Å². The summed E-state index contributed by atoms with van der Waals surface area (Å²) in [4.78, 5) is 26.7. The Balaban J connectivity index is 1.76. The zero-order valence-corrected chi connectivity index (χ0v) is 15.5. The highest BCUT2D eigenvalue weighted by Crippen LogP contribution is 2.25. The second kappa shape index (κ2) is 9.18. The smallest absolute Gasteiger partial charge is 0.409 e. The fourth-order valence-corrected chi connectivity index (χ4v) is 3.51. The molecule has 1 unspecified atom stereocenters. The van der Waals surface area contributed by atoms with Crippen LogP contribution in [-0.4, -0.2) is 47.9 Å². The largest absolute Gasteiger partial charge is 0.450 e. The van der Waals surface area contributed by atoms with Crippen molar-refractivity contribution in [2.75, 3.05) is 19.7 Å². The van der Waals surface area contributed by atoms with Crippen LogP contribution in [0.5, 0.6) is 0 Å². The van der Waals surface area contributed by atoms with Gasteiger partial charge in [0.25, 0.3) is 0 Å².